The van der Waals surface area contributed by atoms with Crippen molar-refractivity contribution in [3.63, 3.8) is 0 Å². The molecule has 0 amide bonds. The third kappa shape index (κ3) is 3.69. The molecule has 0 fully saturated rings. The summed E-state index contributed by atoms with van der Waals surface area (Å²) in [6.45, 7) is 2.44. The van der Waals surface area contributed by atoms with Gasteiger partial charge in [-0.2, -0.15) is 0 Å². The number of aliphatic hydroxyl groups excluding tert-OH is 1. The fourth-order valence-corrected chi connectivity index (χ4v) is 1.87. The van der Waals surface area contributed by atoms with Gasteiger partial charge in [0.2, 0.25) is 0 Å². The molecule has 2 nitrogen and oxygen atoms in total. The molecule has 80 valence electrons. The van der Waals surface area contributed by atoms with Gasteiger partial charge in [-0.25, -0.2) is 8.78 Å². The summed E-state index contributed by atoms with van der Waals surface area (Å²) < 4.78 is 23.7. The molecule has 0 saturated heterocycles. The van der Waals surface area contributed by atoms with Crippen LogP contribution in [0.5, 0.6) is 0 Å². The molecule has 5 heteroatoms. The molecule has 0 aliphatic carbocycles. The molecule has 1 heterocycles. The van der Waals surface area contributed by atoms with Gasteiger partial charge in [-0.3, -0.25) is 0 Å². The minimum absolute atomic E-state index is 0.0748. The lowest BCUT2D eigenvalue weighted by Gasteiger charge is -2.09. The van der Waals surface area contributed by atoms with Crippen LogP contribution in [0.15, 0.2) is 12.1 Å². The van der Waals surface area contributed by atoms with Crippen molar-refractivity contribution in [2.24, 2.45) is 0 Å². The maximum absolute atomic E-state index is 11.9. The van der Waals surface area contributed by atoms with Gasteiger partial charge in [-0.1, -0.05) is 0 Å². The lowest BCUT2D eigenvalue weighted by molar-refractivity contribution is -0.00337. The van der Waals surface area contributed by atoms with Gasteiger partial charge in [0, 0.05) is 22.8 Å². The molecule has 1 unspecified atom stereocenters. The molecule has 0 aliphatic heterocycles. The normalized spacial score (nSPS) is 13.5. The van der Waals surface area contributed by atoms with Crippen LogP contribution < -0.4 is 5.32 Å². The second-order valence-corrected chi connectivity index (χ2v) is 4.42. The second-order valence-electron chi connectivity index (χ2n) is 3.05. The number of hydrogen-bond donors (Lipinski definition) is 2. The van der Waals surface area contributed by atoms with E-state index in [9.17, 15) is 8.78 Å². The van der Waals surface area contributed by atoms with Crippen LogP contribution in [-0.2, 0) is 6.54 Å². The number of halogens is 2. The molecular formula is C9H13F2NOS. The minimum Gasteiger partial charge on any atom is -0.386 e. The van der Waals surface area contributed by atoms with Crippen molar-refractivity contribution >= 4 is 11.3 Å². The number of nitrogens with one attached hydrogen (secondary N) is 1. The zero-order valence-electron chi connectivity index (χ0n) is 7.84. The van der Waals surface area contributed by atoms with Crippen molar-refractivity contribution in [2.75, 3.05) is 6.54 Å². The summed E-state index contributed by atoms with van der Waals surface area (Å²) in [5.41, 5.74) is 0. The molecule has 1 aromatic heterocycles. The van der Waals surface area contributed by atoms with Gasteiger partial charge in [-0.15, -0.1) is 11.3 Å². The zero-order chi connectivity index (χ0) is 10.6. The molecule has 0 radical (unpaired) electrons. The van der Waals surface area contributed by atoms with Gasteiger partial charge in [0.25, 0.3) is 6.43 Å². The molecule has 2 N–H and O–H groups in total. The molecule has 0 bridgehead atoms. The van der Waals surface area contributed by atoms with E-state index in [1.54, 1.807) is 11.3 Å². The highest BCUT2D eigenvalue weighted by atomic mass is 32.1. The smallest absolute Gasteiger partial charge is 0.265 e. The highest BCUT2D eigenvalue weighted by molar-refractivity contribution is 7.11. The summed E-state index contributed by atoms with van der Waals surface area (Å²) >= 11 is 1.62. The van der Waals surface area contributed by atoms with E-state index >= 15 is 0 Å². The lowest BCUT2D eigenvalue weighted by atomic mass is 10.3. The zero-order valence-corrected chi connectivity index (χ0v) is 8.65. The summed E-state index contributed by atoms with van der Waals surface area (Å²) in [6, 6.07) is 3.92. The maximum atomic E-state index is 11.9. The molecule has 0 saturated carbocycles. The van der Waals surface area contributed by atoms with Gasteiger partial charge in [-0.05, 0) is 19.1 Å². The summed E-state index contributed by atoms with van der Waals surface area (Å²) in [7, 11) is 0. The Kier molecular flexibility index (Phi) is 4.44. The molecule has 14 heavy (non-hydrogen) atoms. The number of rotatable bonds is 5. The summed E-state index contributed by atoms with van der Waals surface area (Å²) in [6.07, 6.45) is -4.25. The molecule has 1 rings (SSSR count). The van der Waals surface area contributed by atoms with Crippen molar-refractivity contribution in [3.05, 3.63) is 21.9 Å². The van der Waals surface area contributed by atoms with Gasteiger partial charge < -0.3 is 10.4 Å². The van der Waals surface area contributed by atoms with E-state index in [4.69, 9.17) is 5.11 Å². The Morgan fingerprint density at radius 2 is 2.21 bits per heavy atom. The van der Waals surface area contributed by atoms with Crippen molar-refractivity contribution < 1.29 is 13.9 Å². The van der Waals surface area contributed by atoms with Crippen LogP contribution in [0.1, 0.15) is 9.75 Å². The first kappa shape index (κ1) is 11.6. The van der Waals surface area contributed by atoms with E-state index < -0.39 is 12.5 Å². The van der Waals surface area contributed by atoms with Gasteiger partial charge in [0.1, 0.15) is 6.10 Å². The molecule has 1 aromatic rings. The monoisotopic (exact) mass is 221 g/mol. The maximum Gasteiger partial charge on any atom is 0.265 e. The summed E-state index contributed by atoms with van der Waals surface area (Å²) in [4.78, 5) is 2.28. The van der Waals surface area contributed by atoms with E-state index in [0.717, 1.165) is 4.88 Å². The SMILES string of the molecule is Cc1ccc(CNCC(O)C(F)F)s1. The van der Waals surface area contributed by atoms with Crippen LogP contribution in [0.4, 0.5) is 8.78 Å². The van der Waals surface area contributed by atoms with Crippen LogP contribution >= 0.6 is 11.3 Å². The second kappa shape index (κ2) is 5.38. The van der Waals surface area contributed by atoms with E-state index in [1.807, 2.05) is 19.1 Å². The van der Waals surface area contributed by atoms with Crippen LogP contribution in [0, 0.1) is 6.92 Å². The quantitative estimate of drug-likeness (QED) is 0.794. The Balaban J connectivity index is 2.22. The fourth-order valence-electron chi connectivity index (χ4n) is 1.01. The lowest BCUT2D eigenvalue weighted by Crippen LogP contribution is -2.31. The number of hydrogen-bond acceptors (Lipinski definition) is 3. The molecular weight excluding hydrogens is 208 g/mol. The van der Waals surface area contributed by atoms with E-state index in [2.05, 4.69) is 5.32 Å². The van der Waals surface area contributed by atoms with E-state index in [1.165, 1.54) is 4.88 Å². The van der Waals surface area contributed by atoms with Crippen LogP contribution in [0.3, 0.4) is 0 Å². The van der Waals surface area contributed by atoms with Crippen LogP contribution in [0.25, 0.3) is 0 Å². The number of aliphatic hydroxyl groups is 1. The first-order chi connectivity index (χ1) is 6.59. The first-order valence-electron chi connectivity index (χ1n) is 4.32. The summed E-state index contributed by atoms with van der Waals surface area (Å²) in [5, 5.41) is 11.6. The Labute approximate surface area is 85.6 Å². The Hall–Kier alpha value is -0.520. The van der Waals surface area contributed by atoms with Gasteiger partial charge in [0.15, 0.2) is 0 Å². The molecule has 0 spiro atoms. The summed E-state index contributed by atoms with van der Waals surface area (Å²) in [5.74, 6) is 0. The van der Waals surface area contributed by atoms with Crippen LogP contribution in [0.2, 0.25) is 0 Å². The third-order valence-corrected chi connectivity index (χ3v) is 2.74. The number of alkyl halides is 2. The van der Waals surface area contributed by atoms with Gasteiger partial charge in [0.05, 0.1) is 0 Å². The Morgan fingerprint density at radius 3 is 2.71 bits per heavy atom. The van der Waals surface area contributed by atoms with E-state index in [-0.39, 0.29) is 6.54 Å². The Morgan fingerprint density at radius 1 is 1.50 bits per heavy atom. The van der Waals surface area contributed by atoms with Crippen molar-refractivity contribution in [1.29, 1.82) is 0 Å². The predicted molar refractivity (Wildman–Crippen MR) is 52.8 cm³/mol. The van der Waals surface area contributed by atoms with Crippen molar-refractivity contribution in [3.8, 4) is 0 Å². The molecule has 1 atom stereocenters. The molecule has 0 aliphatic rings. The topological polar surface area (TPSA) is 32.3 Å². The number of aryl methyl sites for hydroxylation is 1. The highest BCUT2D eigenvalue weighted by Crippen LogP contribution is 2.14. The highest BCUT2D eigenvalue weighted by Gasteiger charge is 2.15. The third-order valence-electron chi connectivity index (χ3n) is 1.74. The minimum atomic E-state index is -2.67. The van der Waals surface area contributed by atoms with Gasteiger partial charge >= 0.3 is 0 Å². The number of thiophene rings is 1. The standard InChI is InChI=1S/C9H13F2NOS/c1-6-2-3-7(14-6)4-12-5-8(13)9(10)11/h2-3,8-9,12-13H,4-5H2,1H3. The van der Waals surface area contributed by atoms with Crippen molar-refractivity contribution in [2.45, 2.75) is 26.0 Å². The molecule has 0 aromatic carbocycles. The van der Waals surface area contributed by atoms with E-state index in [0.29, 0.717) is 6.54 Å². The van der Waals surface area contributed by atoms with Crippen LogP contribution in [-0.4, -0.2) is 24.2 Å². The first-order valence-corrected chi connectivity index (χ1v) is 5.13. The largest absolute Gasteiger partial charge is 0.386 e. The predicted octanol–water partition coefficient (Wildman–Crippen LogP) is 1.77. The fraction of sp³-hybridized carbons (Fsp3) is 0.556. The Bertz CT molecular complexity index is 278. The average molecular weight is 221 g/mol. The van der Waals surface area contributed by atoms with Crippen molar-refractivity contribution in [1.82, 2.24) is 5.32 Å². The average Bonchev–Trinajstić information content (AvgIpc) is 2.51.